The Balaban J connectivity index is 1.49. The highest BCUT2D eigenvalue weighted by atomic mass is 16.3. The van der Waals surface area contributed by atoms with Gasteiger partial charge in [0.15, 0.2) is 0 Å². The lowest BCUT2D eigenvalue weighted by atomic mass is 10.1. The molecular weight excluding hydrogens is 314 g/mol. The van der Waals surface area contributed by atoms with Crippen LogP contribution in [0.15, 0.2) is 24.3 Å². The minimum Gasteiger partial charge on any atom is -0.396 e. The average molecular weight is 345 g/mol. The van der Waals surface area contributed by atoms with Crippen molar-refractivity contribution in [2.24, 2.45) is 5.41 Å². The molecule has 25 heavy (non-hydrogen) atoms. The summed E-state index contributed by atoms with van der Waals surface area (Å²) >= 11 is 0. The molecule has 0 radical (unpaired) electrons. The quantitative estimate of drug-likeness (QED) is 0.712. The molecule has 1 aliphatic heterocycles. The van der Waals surface area contributed by atoms with E-state index in [9.17, 15) is 9.90 Å². The number of urea groups is 1. The molecule has 0 atom stereocenters. The Labute approximate surface area is 150 Å². The third-order valence-corrected chi connectivity index (χ3v) is 5.57. The van der Waals surface area contributed by atoms with Crippen LogP contribution in [-0.2, 0) is 13.1 Å². The molecule has 1 aliphatic carbocycles. The van der Waals surface area contributed by atoms with Crippen LogP contribution in [0.1, 0.15) is 49.7 Å². The number of likely N-dealkylation sites (tertiary alicyclic amines) is 1. The summed E-state index contributed by atoms with van der Waals surface area (Å²) in [5, 5.41) is 15.2. The van der Waals surface area contributed by atoms with Crippen molar-refractivity contribution in [1.82, 2.24) is 15.5 Å². The Morgan fingerprint density at radius 3 is 2.36 bits per heavy atom. The van der Waals surface area contributed by atoms with E-state index >= 15 is 0 Å². The molecular formula is C20H31N3O2. The Kier molecular flexibility index (Phi) is 6.32. The average Bonchev–Trinajstić information content (AvgIpc) is 3.44. The van der Waals surface area contributed by atoms with Crippen molar-refractivity contribution in [2.45, 2.75) is 51.6 Å². The summed E-state index contributed by atoms with van der Waals surface area (Å²) < 4.78 is 0. The minimum absolute atomic E-state index is 0.0536. The Bertz CT molecular complexity index is 564. The highest BCUT2D eigenvalue weighted by Gasteiger charge is 2.42. The maximum absolute atomic E-state index is 12.0. The van der Waals surface area contributed by atoms with Gasteiger partial charge >= 0.3 is 6.03 Å². The van der Waals surface area contributed by atoms with Crippen molar-refractivity contribution in [3.63, 3.8) is 0 Å². The van der Waals surface area contributed by atoms with Gasteiger partial charge < -0.3 is 15.7 Å². The fourth-order valence-electron chi connectivity index (χ4n) is 3.49. The second-order valence-electron chi connectivity index (χ2n) is 7.65. The standard InChI is InChI=1S/C20H31N3O2/c24-16-20(9-10-20)15-22-19(25)21-13-17-7-3-4-8-18(17)14-23-11-5-1-2-6-12-23/h3-4,7-8,24H,1-2,5-6,9-16H2,(H2,21,22,25). The van der Waals surface area contributed by atoms with Crippen LogP contribution in [0.5, 0.6) is 0 Å². The molecule has 2 fully saturated rings. The van der Waals surface area contributed by atoms with Crippen LogP contribution in [-0.4, -0.2) is 42.3 Å². The van der Waals surface area contributed by atoms with Crippen LogP contribution < -0.4 is 10.6 Å². The van der Waals surface area contributed by atoms with E-state index in [1.807, 2.05) is 6.07 Å². The van der Waals surface area contributed by atoms with Gasteiger partial charge in [-0.05, 0) is 49.9 Å². The molecule has 0 spiro atoms. The van der Waals surface area contributed by atoms with Crippen LogP contribution in [0.25, 0.3) is 0 Å². The summed E-state index contributed by atoms with van der Waals surface area (Å²) in [4.78, 5) is 14.6. The van der Waals surface area contributed by atoms with Gasteiger partial charge in [-0.1, -0.05) is 37.1 Å². The number of aliphatic hydroxyl groups is 1. The molecule has 5 heteroatoms. The van der Waals surface area contributed by atoms with Crippen molar-refractivity contribution >= 4 is 6.03 Å². The highest BCUT2D eigenvalue weighted by molar-refractivity contribution is 5.74. The lowest BCUT2D eigenvalue weighted by molar-refractivity contribution is 0.203. The molecule has 2 aliphatic rings. The summed E-state index contributed by atoms with van der Waals surface area (Å²) in [6.45, 7) is 4.57. The molecule has 1 saturated carbocycles. The summed E-state index contributed by atoms with van der Waals surface area (Å²) in [6, 6.07) is 8.24. The zero-order valence-corrected chi connectivity index (χ0v) is 15.1. The van der Waals surface area contributed by atoms with Crippen LogP contribution in [0.2, 0.25) is 0 Å². The number of carbonyl (C=O) groups is 1. The Morgan fingerprint density at radius 2 is 1.72 bits per heavy atom. The summed E-state index contributed by atoms with van der Waals surface area (Å²) in [5.41, 5.74) is 2.44. The normalized spacial score (nSPS) is 19.9. The van der Waals surface area contributed by atoms with Crippen molar-refractivity contribution in [3.8, 4) is 0 Å². The fraction of sp³-hybridized carbons (Fsp3) is 0.650. The van der Waals surface area contributed by atoms with Crippen molar-refractivity contribution in [2.75, 3.05) is 26.2 Å². The maximum atomic E-state index is 12.0. The molecule has 0 bridgehead atoms. The SMILES string of the molecule is O=C(NCc1ccccc1CN1CCCCCC1)NCC1(CO)CC1. The van der Waals surface area contributed by atoms with Gasteiger partial charge in [-0.2, -0.15) is 0 Å². The molecule has 1 aromatic rings. The second-order valence-corrected chi connectivity index (χ2v) is 7.65. The third kappa shape index (κ3) is 5.44. The van der Waals surface area contributed by atoms with E-state index in [1.54, 1.807) is 0 Å². The van der Waals surface area contributed by atoms with Gasteiger partial charge in [0.1, 0.15) is 0 Å². The number of amides is 2. The molecule has 2 amide bonds. The van der Waals surface area contributed by atoms with Gasteiger partial charge in [-0.3, -0.25) is 4.90 Å². The molecule has 5 nitrogen and oxygen atoms in total. The summed E-state index contributed by atoms with van der Waals surface area (Å²) in [7, 11) is 0. The fourth-order valence-corrected chi connectivity index (χ4v) is 3.49. The summed E-state index contributed by atoms with van der Waals surface area (Å²) in [5.74, 6) is 0. The number of aliphatic hydroxyl groups excluding tert-OH is 1. The van der Waals surface area contributed by atoms with E-state index in [4.69, 9.17) is 0 Å². The van der Waals surface area contributed by atoms with E-state index in [0.717, 1.165) is 19.4 Å². The number of hydrogen-bond donors (Lipinski definition) is 3. The first-order chi connectivity index (χ1) is 12.2. The first-order valence-corrected chi connectivity index (χ1v) is 9.62. The lowest BCUT2D eigenvalue weighted by Gasteiger charge is -2.21. The molecule has 138 valence electrons. The largest absolute Gasteiger partial charge is 0.396 e. The molecule has 0 unspecified atom stereocenters. The number of nitrogens with one attached hydrogen (secondary N) is 2. The number of benzene rings is 1. The smallest absolute Gasteiger partial charge is 0.315 e. The molecule has 1 heterocycles. The van der Waals surface area contributed by atoms with Crippen molar-refractivity contribution in [3.05, 3.63) is 35.4 Å². The van der Waals surface area contributed by atoms with E-state index in [1.165, 1.54) is 49.9 Å². The first-order valence-electron chi connectivity index (χ1n) is 9.62. The molecule has 1 aromatic carbocycles. The first kappa shape index (κ1) is 18.2. The lowest BCUT2D eigenvalue weighted by Crippen LogP contribution is -2.39. The second kappa shape index (κ2) is 8.68. The van der Waals surface area contributed by atoms with Gasteiger partial charge in [0.25, 0.3) is 0 Å². The van der Waals surface area contributed by atoms with Crippen molar-refractivity contribution in [1.29, 1.82) is 0 Å². The van der Waals surface area contributed by atoms with Crippen LogP contribution in [0.3, 0.4) is 0 Å². The molecule has 1 saturated heterocycles. The highest BCUT2D eigenvalue weighted by Crippen LogP contribution is 2.44. The van der Waals surface area contributed by atoms with E-state index in [2.05, 4.69) is 33.7 Å². The predicted octanol–water partition coefficient (Wildman–Crippen LogP) is 2.63. The summed E-state index contributed by atoms with van der Waals surface area (Å²) in [6.07, 6.45) is 7.26. The number of rotatable bonds is 7. The van der Waals surface area contributed by atoms with Gasteiger partial charge in [-0.25, -0.2) is 4.79 Å². The van der Waals surface area contributed by atoms with Crippen LogP contribution in [0.4, 0.5) is 4.79 Å². The number of nitrogens with zero attached hydrogens (tertiary/aromatic N) is 1. The third-order valence-electron chi connectivity index (χ3n) is 5.57. The molecule has 3 N–H and O–H groups in total. The van der Waals surface area contributed by atoms with Crippen molar-refractivity contribution < 1.29 is 9.90 Å². The zero-order chi connectivity index (χ0) is 17.5. The van der Waals surface area contributed by atoms with Gasteiger partial charge in [0.05, 0.1) is 6.61 Å². The monoisotopic (exact) mass is 345 g/mol. The number of carbonyl (C=O) groups excluding carboxylic acids is 1. The van der Waals surface area contributed by atoms with Crippen LogP contribution in [0, 0.1) is 5.41 Å². The van der Waals surface area contributed by atoms with E-state index in [-0.39, 0.29) is 18.1 Å². The molecule has 3 rings (SSSR count). The van der Waals surface area contributed by atoms with Crippen LogP contribution >= 0.6 is 0 Å². The molecule has 0 aromatic heterocycles. The zero-order valence-electron chi connectivity index (χ0n) is 15.1. The Morgan fingerprint density at radius 1 is 1.04 bits per heavy atom. The van der Waals surface area contributed by atoms with Gasteiger partial charge in [-0.15, -0.1) is 0 Å². The predicted molar refractivity (Wildman–Crippen MR) is 99.2 cm³/mol. The Hall–Kier alpha value is -1.59. The minimum atomic E-state index is -0.149. The van der Waals surface area contributed by atoms with E-state index < -0.39 is 0 Å². The topological polar surface area (TPSA) is 64.6 Å². The maximum Gasteiger partial charge on any atom is 0.315 e. The van der Waals surface area contributed by atoms with Gasteiger partial charge in [0, 0.05) is 25.0 Å². The van der Waals surface area contributed by atoms with Gasteiger partial charge in [0.2, 0.25) is 0 Å². The number of hydrogen-bond acceptors (Lipinski definition) is 3. The van der Waals surface area contributed by atoms with E-state index in [0.29, 0.717) is 13.1 Å².